The number of hydrogen-bond donors (Lipinski definition) is 3. The lowest BCUT2D eigenvalue weighted by Gasteiger charge is -2.30. The molecule has 0 unspecified atom stereocenters. The van der Waals surface area contributed by atoms with E-state index < -0.39 is 13.0 Å². The van der Waals surface area contributed by atoms with Crippen molar-refractivity contribution >= 4 is 39.9 Å². The number of likely N-dealkylation sites (tertiary alicyclic amines) is 1. The van der Waals surface area contributed by atoms with Gasteiger partial charge in [-0.15, -0.1) is 0 Å². The van der Waals surface area contributed by atoms with Crippen molar-refractivity contribution in [3.63, 3.8) is 0 Å². The van der Waals surface area contributed by atoms with Crippen molar-refractivity contribution in [2.24, 2.45) is 5.92 Å². The molecule has 6 rings (SSSR count). The minimum Gasteiger partial charge on any atom is -0.372 e. The number of fused-ring (bicyclic) bond motifs is 2. The molecule has 1 aliphatic carbocycles. The average Bonchev–Trinajstić information content (AvgIpc) is 3.68. The zero-order chi connectivity index (χ0) is 27.1. The SMILES string of the molecule is CNc1nc(N[C@H]2CC[C@@H](C(=O)N3CCCC3)CC2)nc2[nH]cc(-c3ccc4nc(C)n(CC(F)F)c4n3)c12. The van der Waals surface area contributed by atoms with Crippen molar-refractivity contribution in [1.29, 1.82) is 0 Å². The minimum absolute atomic E-state index is 0.119. The molecule has 1 aliphatic heterocycles. The monoisotopic (exact) mass is 537 g/mol. The molecule has 1 saturated carbocycles. The van der Waals surface area contributed by atoms with Gasteiger partial charge in [0.25, 0.3) is 6.43 Å². The molecule has 12 heteroatoms. The predicted octanol–water partition coefficient (Wildman–Crippen LogP) is 4.58. The van der Waals surface area contributed by atoms with Gasteiger partial charge in [0.05, 0.1) is 17.6 Å². The highest BCUT2D eigenvalue weighted by Gasteiger charge is 2.31. The molecule has 0 bridgehead atoms. The summed E-state index contributed by atoms with van der Waals surface area (Å²) in [4.78, 5) is 36.6. The van der Waals surface area contributed by atoms with Crippen LogP contribution in [0.15, 0.2) is 18.3 Å². The van der Waals surface area contributed by atoms with E-state index in [2.05, 4.69) is 20.6 Å². The predicted molar refractivity (Wildman–Crippen MR) is 146 cm³/mol. The summed E-state index contributed by atoms with van der Waals surface area (Å²) < 4.78 is 27.8. The van der Waals surface area contributed by atoms with Gasteiger partial charge >= 0.3 is 0 Å². The number of rotatable bonds is 7. The van der Waals surface area contributed by atoms with Crippen LogP contribution in [0.25, 0.3) is 33.5 Å². The third-order valence-corrected chi connectivity index (χ3v) is 7.98. The Morgan fingerprint density at radius 1 is 1.10 bits per heavy atom. The van der Waals surface area contributed by atoms with Crippen LogP contribution in [0, 0.1) is 12.8 Å². The fourth-order valence-electron chi connectivity index (χ4n) is 5.96. The molecule has 2 aliphatic rings. The summed E-state index contributed by atoms with van der Waals surface area (Å²) >= 11 is 0. The molecular formula is C27H33F2N9O. The summed E-state index contributed by atoms with van der Waals surface area (Å²) in [5.74, 6) is 2.09. The number of carbonyl (C=O) groups excluding carboxylic acids is 1. The van der Waals surface area contributed by atoms with Crippen LogP contribution in [0.4, 0.5) is 20.5 Å². The lowest BCUT2D eigenvalue weighted by molar-refractivity contribution is -0.135. The Morgan fingerprint density at radius 3 is 2.59 bits per heavy atom. The summed E-state index contributed by atoms with van der Waals surface area (Å²) in [7, 11) is 1.80. The lowest BCUT2D eigenvalue weighted by atomic mass is 9.85. The second-order valence-electron chi connectivity index (χ2n) is 10.5. The van der Waals surface area contributed by atoms with Gasteiger partial charge in [0.15, 0.2) is 5.65 Å². The normalized spacial score (nSPS) is 19.9. The number of anilines is 2. The molecule has 10 nitrogen and oxygen atoms in total. The van der Waals surface area contributed by atoms with E-state index in [4.69, 9.17) is 15.0 Å². The largest absolute Gasteiger partial charge is 0.372 e. The Balaban J connectivity index is 1.23. The Morgan fingerprint density at radius 2 is 1.87 bits per heavy atom. The number of alkyl halides is 2. The second-order valence-corrected chi connectivity index (χ2v) is 10.5. The topological polar surface area (TPSA) is 117 Å². The van der Waals surface area contributed by atoms with E-state index >= 15 is 0 Å². The molecule has 0 radical (unpaired) electrons. The van der Waals surface area contributed by atoms with Crippen LogP contribution in [-0.4, -0.2) is 72.9 Å². The van der Waals surface area contributed by atoms with Crippen LogP contribution in [-0.2, 0) is 11.3 Å². The number of aromatic amines is 1. The highest BCUT2D eigenvalue weighted by Crippen LogP contribution is 2.34. The highest BCUT2D eigenvalue weighted by atomic mass is 19.3. The molecule has 0 atom stereocenters. The Hall–Kier alpha value is -3.83. The van der Waals surface area contributed by atoms with E-state index in [1.54, 1.807) is 20.0 Å². The van der Waals surface area contributed by atoms with Gasteiger partial charge in [-0.3, -0.25) is 4.79 Å². The van der Waals surface area contributed by atoms with E-state index in [0.717, 1.165) is 62.6 Å². The van der Waals surface area contributed by atoms with Crippen LogP contribution >= 0.6 is 0 Å². The first-order valence-corrected chi connectivity index (χ1v) is 13.7. The van der Waals surface area contributed by atoms with Crippen LogP contribution < -0.4 is 10.6 Å². The van der Waals surface area contributed by atoms with E-state index in [-0.39, 0.29) is 12.0 Å². The van der Waals surface area contributed by atoms with Crippen molar-refractivity contribution < 1.29 is 13.6 Å². The number of pyridine rings is 1. The first kappa shape index (κ1) is 25.4. The van der Waals surface area contributed by atoms with Crippen molar-refractivity contribution in [3.05, 3.63) is 24.2 Å². The molecule has 3 N–H and O–H groups in total. The zero-order valence-electron chi connectivity index (χ0n) is 22.2. The van der Waals surface area contributed by atoms with Gasteiger partial charge in [0.2, 0.25) is 11.9 Å². The lowest BCUT2D eigenvalue weighted by Crippen LogP contribution is -2.37. The molecule has 5 heterocycles. The Bertz CT molecular complexity index is 1500. The first-order valence-electron chi connectivity index (χ1n) is 13.7. The summed E-state index contributed by atoms with van der Waals surface area (Å²) in [5.41, 5.74) is 3.02. The fourth-order valence-corrected chi connectivity index (χ4v) is 5.96. The molecule has 0 spiro atoms. The quantitative estimate of drug-likeness (QED) is 0.316. The molecule has 2 fully saturated rings. The molecular weight excluding hydrogens is 504 g/mol. The molecule has 39 heavy (non-hydrogen) atoms. The number of carbonyl (C=O) groups is 1. The van der Waals surface area contributed by atoms with Gasteiger partial charge < -0.3 is 25.1 Å². The number of hydrogen-bond acceptors (Lipinski definition) is 7. The van der Waals surface area contributed by atoms with E-state index in [0.29, 0.717) is 46.0 Å². The van der Waals surface area contributed by atoms with Crippen LogP contribution in [0.2, 0.25) is 0 Å². The number of nitrogens with zero attached hydrogens (tertiary/aromatic N) is 6. The Labute approximate surface area is 224 Å². The summed E-state index contributed by atoms with van der Waals surface area (Å²) in [6.07, 6.45) is 5.07. The van der Waals surface area contributed by atoms with E-state index in [9.17, 15) is 13.6 Å². The molecule has 4 aromatic heterocycles. The van der Waals surface area contributed by atoms with Crippen molar-refractivity contribution in [2.45, 2.75) is 64.5 Å². The van der Waals surface area contributed by atoms with Crippen LogP contribution in [0.1, 0.15) is 44.3 Å². The van der Waals surface area contributed by atoms with Gasteiger partial charge in [-0.1, -0.05) is 0 Å². The maximum Gasteiger partial charge on any atom is 0.256 e. The Kier molecular flexibility index (Phi) is 6.78. The third-order valence-electron chi connectivity index (χ3n) is 7.98. The fraction of sp³-hybridized carbons (Fsp3) is 0.519. The first-order chi connectivity index (χ1) is 18.9. The standard InChI is InChI=1S/C27H33F2N9O/c1-15-32-20-10-9-19(34-25(20)38(15)14-21(28)29)18-13-31-24-22(18)23(30-2)35-27(36-24)33-17-7-5-16(6-8-17)26(39)37-11-3-4-12-37/h9-10,13,16-17,21H,3-8,11-12,14H2,1-2H3,(H3,30,31,33,35,36)/t16-,17+. The number of imidazole rings is 1. The summed E-state index contributed by atoms with van der Waals surface area (Å²) in [5, 5.41) is 7.41. The number of H-pyrrole nitrogens is 1. The van der Waals surface area contributed by atoms with Crippen molar-refractivity contribution in [2.75, 3.05) is 30.8 Å². The highest BCUT2D eigenvalue weighted by molar-refractivity contribution is 6.01. The van der Waals surface area contributed by atoms with E-state index in [1.165, 1.54) is 4.57 Å². The minimum atomic E-state index is -2.50. The second kappa shape index (κ2) is 10.4. The summed E-state index contributed by atoms with van der Waals surface area (Å²) in [6, 6.07) is 3.83. The zero-order valence-corrected chi connectivity index (χ0v) is 22.2. The molecule has 4 aromatic rings. The number of aryl methyl sites for hydroxylation is 1. The van der Waals surface area contributed by atoms with Crippen molar-refractivity contribution in [1.82, 2.24) is 34.4 Å². The maximum absolute atomic E-state index is 13.2. The van der Waals surface area contributed by atoms with Gasteiger partial charge in [0.1, 0.15) is 22.8 Å². The number of amides is 1. The number of nitrogens with one attached hydrogen (secondary N) is 3. The van der Waals surface area contributed by atoms with E-state index in [1.807, 2.05) is 17.2 Å². The third kappa shape index (κ3) is 4.87. The van der Waals surface area contributed by atoms with Gasteiger partial charge in [-0.25, -0.2) is 18.7 Å². The molecule has 1 saturated heterocycles. The molecule has 1 amide bonds. The molecule has 206 valence electrons. The van der Waals surface area contributed by atoms with Crippen LogP contribution in [0.3, 0.4) is 0 Å². The number of aromatic nitrogens is 6. The van der Waals surface area contributed by atoms with Gasteiger partial charge in [-0.2, -0.15) is 9.97 Å². The summed E-state index contributed by atoms with van der Waals surface area (Å²) in [6.45, 7) is 3.05. The molecule has 0 aromatic carbocycles. The maximum atomic E-state index is 13.2. The average molecular weight is 538 g/mol. The van der Waals surface area contributed by atoms with Gasteiger partial charge in [0, 0.05) is 43.9 Å². The number of halogens is 2. The van der Waals surface area contributed by atoms with Crippen molar-refractivity contribution in [3.8, 4) is 11.3 Å². The van der Waals surface area contributed by atoms with Gasteiger partial charge in [-0.05, 0) is 57.6 Å². The van der Waals surface area contributed by atoms with Crippen LogP contribution in [0.5, 0.6) is 0 Å². The smallest absolute Gasteiger partial charge is 0.256 e.